The number of fused-ring (bicyclic) bond motifs is 1. The smallest absolute Gasteiger partial charge is 0.311 e. The van der Waals surface area contributed by atoms with Gasteiger partial charge in [0, 0.05) is 17.3 Å². The number of esters is 1. The van der Waals surface area contributed by atoms with Crippen LogP contribution in [0.3, 0.4) is 0 Å². The van der Waals surface area contributed by atoms with Crippen LogP contribution in [0, 0.1) is 11.8 Å². The lowest BCUT2D eigenvalue weighted by Crippen LogP contribution is -2.59. The minimum atomic E-state index is -0.685. The van der Waals surface area contributed by atoms with Crippen LogP contribution in [-0.4, -0.2) is 80.1 Å². The molecule has 1 saturated carbocycles. The zero-order valence-corrected chi connectivity index (χ0v) is 21.6. The molecule has 2 amide bonds. The summed E-state index contributed by atoms with van der Waals surface area (Å²) in [6.07, 6.45) is 9.10. The number of carbonyl (C=O) groups is 3. The molecule has 0 aromatic rings. The molecule has 4 rings (SSSR count). The van der Waals surface area contributed by atoms with Crippen molar-refractivity contribution in [1.82, 2.24) is 9.80 Å². The highest BCUT2D eigenvalue weighted by atomic mass is 32.2. The second-order valence-corrected chi connectivity index (χ2v) is 12.4. The number of amides is 2. The Morgan fingerprint density at radius 2 is 2.00 bits per heavy atom. The number of thioether (sulfide) groups is 1. The van der Waals surface area contributed by atoms with Crippen LogP contribution in [0.15, 0.2) is 12.7 Å². The maximum Gasteiger partial charge on any atom is 0.311 e. The highest BCUT2D eigenvalue weighted by Crippen LogP contribution is 2.71. The quantitative estimate of drug-likeness (QED) is 0.393. The molecule has 0 aromatic carbocycles. The number of ether oxygens (including phenoxy) is 1. The van der Waals surface area contributed by atoms with E-state index in [4.69, 9.17) is 4.74 Å². The summed E-state index contributed by atoms with van der Waals surface area (Å²) < 4.78 is 4.35. The van der Waals surface area contributed by atoms with Crippen LogP contribution >= 0.6 is 11.8 Å². The van der Waals surface area contributed by atoms with Gasteiger partial charge in [-0.05, 0) is 46.0 Å². The highest BCUT2D eigenvalue weighted by Gasteiger charge is 2.78. The number of aliphatic hydroxyl groups excluding tert-OH is 1. The number of nitrogens with zero attached hydrogens (tertiary/aromatic N) is 2. The molecule has 0 aromatic heterocycles. The molecule has 7 nitrogen and oxygen atoms in total. The van der Waals surface area contributed by atoms with Crippen molar-refractivity contribution < 1.29 is 24.2 Å². The predicted molar refractivity (Wildman–Crippen MR) is 132 cm³/mol. The first-order chi connectivity index (χ1) is 16.3. The summed E-state index contributed by atoms with van der Waals surface area (Å²) in [7, 11) is 0. The molecule has 2 bridgehead atoms. The van der Waals surface area contributed by atoms with E-state index in [2.05, 4.69) is 13.5 Å². The Bertz CT molecular complexity index is 826. The number of rotatable bonds is 9. The van der Waals surface area contributed by atoms with Crippen LogP contribution in [-0.2, 0) is 19.1 Å². The first kappa shape index (κ1) is 25.5. The normalized spacial score (nSPS) is 35.8. The number of hydrogen-bond acceptors (Lipinski definition) is 6. The fraction of sp³-hybridized carbons (Fsp3) is 0.808. The Morgan fingerprint density at radius 1 is 1.29 bits per heavy atom. The maximum absolute atomic E-state index is 14.4. The standard InChI is InChI=1S/C26H40N2O5S/c1-5-15-27(18-11-9-8-10-12-18)23(31)21-26-14-13-25(4,34-26)20(24(32)33-7-3)19(26)22(30)28(21)17(6-2)16-29/h5,17-21,29H,1,6-16H2,2-4H3/t17-,19-,20+,21?,25-,26?/m0/s1. The van der Waals surface area contributed by atoms with Crippen molar-refractivity contribution in [3.05, 3.63) is 12.7 Å². The monoisotopic (exact) mass is 492 g/mol. The second kappa shape index (κ2) is 9.84. The fourth-order valence-corrected chi connectivity index (χ4v) is 9.47. The third-order valence-corrected chi connectivity index (χ3v) is 10.7. The Kier molecular flexibility index (Phi) is 7.40. The molecule has 1 aliphatic carbocycles. The summed E-state index contributed by atoms with van der Waals surface area (Å²) in [6.45, 7) is 10.2. The summed E-state index contributed by atoms with van der Waals surface area (Å²) in [5, 5.41) is 10.2. The Hall–Kier alpha value is -1.54. The van der Waals surface area contributed by atoms with Gasteiger partial charge in [-0.25, -0.2) is 0 Å². The number of likely N-dealkylation sites (tertiary alicyclic amines) is 1. The molecular weight excluding hydrogens is 452 g/mol. The van der Waals surface area contributed by atoms with Crippen molar-refractivity contribution in [2.45, 2.75) is 99.8 Å². The van der Waals surface area contributed by atoms with Gasteiger partial charge in [0.25, 0.3) is 0 Å². The third-order valence-electron chi connectivity index (χ3n) is 8.69. The van der Waals surface area contributed by atoms with Gasteiger partial charge in [-0.15, -0.1) is 18.3 Å². The van der Waals surface area contributed by atoms with E-state index in [0.717, 1.165) is 32.1 Å². The van der Waals surface area contributed by atoms with E-state index < -0.39 is 33.4 Å². The molecule has 190 valence electrons. The molecule has 4 fully saturated rings. The van der Waals surface area contributed by atoms with Crippen LogP contribution in [0.4, 0.5) is 0 Å². The first-order valence-corrected chi connectivity index (χ1v) is 13.8. The van der Waals surface area contributed by atoms with Crippen molar-refractivity contribution in [3.63, 3.8) is 0 Å². The Balaban J connectivity index is 1.79. The number of aliphatic hydroxyl groups is 1. The highest BCUT2D eigenvalue weighted by molar-refractivity contribution is 8.02. The number of carbonyl (C=O) groups excluding carboxylic acids is 3. The predicted octanol–water partition coefficient (Wildman–Crippen LogP) is 3.15. The SMILES string of the molecule is C=CCN(C(=O)C1N([C@@H](CC)CO)C(=O)[C@@H]2[C@H](C(=O)OCC)[C@]3(C)CCC12S3)C1CCCCC1. The molecule has 3 heterocycles. The minimum Gasteiger partial charge on any atom is -0.466 e. The molecule has 1 N–H and O–H groups in total. The lowest BCUT2D eigenvalue weighted by molar-refractivity contribution is -0.155. The fourth-order valence-electron chi connectivity index (χ4n) is 7.15. The van der Waals surface area contributed by atoms with Crippen LogP contribution in [0.5, 0.6) is 0 Å². The van der Waals surface area contributed by atoms with Gasteiger partial charge in [0.05, 0.1) is 35.8 Å². The van der Waals surface area contributed by atoms with E-state index >= 15 is 0 Å². The summed E-state index contributed by atoms with van der Waals surface area (Å²) in [5.41, 5.74) is 0. The van der Waals surface area contributed by atoms with Crippen LogP contribution in [0.2, 0.25) is 0 Å². The van der Waals surface area contributed by atoms with Gasteiger partial charge in [0.1, 0.15) is 6.04 Å². The summed E-state index contributed by atoms with van der Waals surface area (Å²) in [5.74, 6) is -1.72. The van der Waals surface area contributed by atoms with Crippen molar-refractivity contribution in [2.75, 3.05) is 19.8 Å². The van der Waals surface area contributed by atoms with Crippen LogP contribution in [0.25, 0.3) is 0 Å². The van der Waals surface area contributed by atoms with E-state index in [1.165, 1.54) is 6.42 Å². The van der Waals surface area contributed by atoms with E-state index in [9.17, 15) is 19.5 Å². The van der Waals surface area contributed by atoms with Gasteiger partial charge in [0.15, 0.2) is 0 Å². The topological polar surface area (TPSA) is 87.2 Å². The maximum atomic E-state index is 14.4. The molecule has 3 aliphatic heterocycles. The molecule has 34 heavy (non-hydrogen) atoms. The zero-order valence-electron chi connectivity index (χ0n) is 20.8. The first-order valence-electron chi connectivity index (χ1n) is 13.0. The lowest BCUT2D eigenvalue weighted by Gasteiger charge is -2.42. The average molecular weight is 493 g/mol. The van der Waals surface area contributed by atoms with Gasteiger partial charge in [-0.3, -0.25) is 14.4 Å². The van der Waals surface area contributed by atoms with Gasteiger partial charge >= 0.3 is 5.97 Å². The molecular formula is C26H40N2O5S. The van der Waals surface area contributed by atoms with Gasteiger partial charge in [-0.1, -0.05) is 32.3 Å². The average Bonchev–Trinajstić information content (AvgIpc) is 3.40. The molecule has 6 atom stereocenters. The Labute approximate surface area is 207 Å². The molecule has 4 aliphatic rings. The summed E-state index contributed by atoms with van der Waals surface area (Å²) in [6, 6.07) is -0.996. The third kappa shape index (κ3) is 3.80. The van der Waals surface area contributed by atoms with Crippen LogP contribution in [0.1, 0.15) is 72.1 Å². The van der Waals surface area contributed by atoms with Gasteiger partial charge in [-0.2, -0.15) is 0 Å². The van der Waals surface area contributed by atoms with Gasteiger partial charge < -0.3 is 19.6 Å². The minimum absolute atomic E-state index is 0.0455. The van der Waals surface area contributed by atoms with E-state index in [1.807, 2.05) is 11.8 Å². The van der Waals surface area contributed by atoms with Crippen molar-refractivity contribution >= 4 is 29.5 Å². The second-order valence-electron chi connectivity index (χ2n) is 10.5. The van der Waals surface area contributed by atoms with E-state index in [0.29, 0.717) is 19.4 Å². The van der Waals surface area contributed by atoms with Gasteiger partial charge in [0.2, 0.25) is 11.8 Å². The molecule has 2 unspecified atom stereocenters. The molecule has 0 radical (unpaired) electrons. The van der Waals surface area contributed by atoms with E-state index in [1.54, 1.807) is 29.7 Å². The van der Waals surface area contributed by atoms with E-state index in [-0.39, 0.29) is 37.0 Å². The Morgan fingerprint density at radius 3 is 2.59 bits per heavy atom. The lowest BCUT2D eigenvalue weighted by atomic mass is 9.66. The molecule has 1 spiro atoms. The van der Waals surface area contributed by atoms with Crippen molar-refractivity contribution in [3.8, 4) is 0 Å². The zero-order chi connectivity index (χ0) is 24.7. The van der Waals surface area contributed by atoms with Crippen LogP contribution < -0.4 is 0 Å². The van der Waals surface area contributed by atoms with Crippen molar-refractivity contribution in [1.29, 1.82) is 0 Å². The van der Waals surface area contributed by atoms with Crippen molar-refractivity contribution in [2.24, 2.45) is 11.8 Å². The summed E-state index contributed by atoms with van der Waals surface area (Å²) in [4.78, 5) is 45.2. The summed E-state index contributed by atoms with van der Waals surface area (Å²) >= 11 is 1.66. The number of hydrogen-bond donors (Lipinski definition) is 1. The molecule has 8 heteroatoms. The largest absolute Gasteiger partial charge is 0.466 e. The molecule has 3 saturated heterocycles.